The smallest absolute Gasteiger partial charge is 0.255 e. The lowest BCUT2D eigenvalue weighted by Crippen LogP contribution is -2.13. The van der Waals surface area contributed by atoms with E-state index in [1.165, 1.54) is 6.33 Å². The fourth-order valence-corrected chi connectivity index (χ4v) is 3.42. The highest BCUT2D eigenvalue weighted by molar-refractivity contribution is 6.06. The van der Waals surface area contributed by atoms with E-state index < -0.39 is 0 Å². The van der Waals surface area contributed by atoms with Gasteiger partial charge in [-0.25, -0.2) is 9.67 Å². The van der Waals surface area contributed by atoms with Gasteiger partial charge < -0.3 is 5.32 Å². The van der Waals surface area contributed by atoms with Crippen LogP contribution >= 0.6 is 0 Å². The maximum Gasteiger partial charge on any atom is 0.255 e. The van der Waals surface area contributed by atoms with Crippen LogP contribution < -0.4 is 5.32 Å². The third-order valence-corrected chi connectivity index (χ3v) is 5.00. The normalized spacial score (nSPS) is 10.8. The Morgan fingerprint density at radius 3 is 2.59 bits per heavy atom. The number of carbonyl (C=O) groups is 1. The van der Waals surface area contributed by atoms with Gasteiger partial charge in [0.05, 0.1) is 11.4 Å². The first-order chi connectivity index (χ1) is 15.7. The first kappa shape index (κ1) is 19.3. The van der Waals surface area contributed by atoms with Crippen molar-refractivity contribution in [2.24, 2.45) is 0 Å². The van der Waals surface area contributed by atoms with Crippen molar-refractivity contribution in [3.05, 3.63) is 90.3 Å². The van der Waals surface area contributed by atoms with Gasteiger partial charge in [-0.2, -0.15) is 5.10 Å². The first-order valence-electron chi connectivity index (χ1n) is 9.91. The van der Waals surface area contributed by atoms with Gasteiger partial charge in [-0.05, 0) is 53.2 Å². The Morgan fingerprint density at radius 1 is 1.00 bits per heavy atom. The number of rotatable bonds is 5. The highest BCUT2D eigenvalue weighted by Crippen LogP contribution is 2.27. The summed E-state index contributed by atoms with van der Waals surface area (Å²) in [6.45, 7) is 1.90. The average Bonchev–Trinajstić information content (AvgIpc) is 3.53. The van der Waals surface area contributed by atoms with Gasteiger partial charge in [0.15, 0.2) is 11.6 Å². The highest BCUT2D eigenvalue weighted by Gasteiger charge is 2.15. The lowest BCUT2D eigenvalue weighted by Gasteiger charge is -2.11. The molecule has 9 heteroatoms. The second-order valence-electron chi connectivity index (χ2n) is 7.13. The van der Waals surface area contributed by atoms with E-state index in [1.54, 1.807) is 16.8 Å². The molecule has 0 aliphatic carbocycles. The minimum Gasteiger partial charge on any atom is -0.321 e. The van der Waals surface area contributed by atoms with Gasteiger partial charge in [0, 0.05) is 16.7 Å². The van der Waals surface area contributed by atoms with Crippen LogP contribution in [0.5, 0.6) is 0 Å². The fraction of sp³-hybridized carbons (Fsp3) is 0.0435. The number of nitrogens with zero attached hydrogens (tertiary/aromatic N) is 6. The number of nitrogens with one attached hydrogen (secondary N) is 2. The maximum absolute atomic E-state index is 13.0. The number of benzene rings is 3. The van der Waals surface area contributed by atoms with E-state index in [0.717, 1.165) is 22.4 Å². The Bertz CT molecular complexity index is 1380. The number of aryl methyl sites for hydroxylation is 1. The molecule has 2 aromatic heterocycles. The molecular formula is C23H18N8O. The molecule has 2 N–H and O–H groups in total. The standard InChI is InChI=1S/C23H18N8O/c1-15-13-17(11-12-20(15)31-14-24-29-30-31)23(32)25-19-10-6-5-9-18(19)22-26-21(27-28-22)16-7-3-2-4-8-16/h2-14H,1H3,(H,25,32)(H,26,27,28). The van der Waals surface area contributed by atoms with Crippen LogP contribution in [0, 0.1) is 6.92 Å². The maximum atomic E-state index is 13.0. The summed E-state index contributed by atoms with van der Waals surface area (Å²) >= 11 is 0. The van der Waals surface area contributed by atoms with Gasteiger partial charge in [-0.3, -0.25) is 9.89 Å². The number of anilines is 1. The van der Waals surface area contributed by atoms with Crippen molar-refractivity contribution < 1.29 is 4.79 Å². The molecule has 0 aliphatic heterocycles. The summed E-state index contributed by atoms with van der Waals surface area (Å²) in [5.41, 5.74) is 4.50. The molecule has 1 amide bonds. The molecular weight excluding hydrogens is 404 g/mol. The van der Waals surface area contributed by atoms with E-state index in [-0.39, 0.29) is 5.91 Å². The van der Waals surface area contributed by atoms with Gasteiger partial charge in [0.1, 0.15) is 6.33 Å². The third-order valence-electron chi connectivity index (χ3n) is 5.00. The first-order valence-corrected chi connectivity index (χ1v) is 9.91. The van der Waals surface area contributed by atoms with Crippen molar-refractivity contribution in [3.8, 4) is 28.5 Å². The molecule has 0 radical (unpaired) electrons. The van der Waals surface area contributed by atoms with E-state index in [9.17, 15) is 4.79 Å². The second kappa shape index (κ2) is 8.23. The predicted octanol–water partition coefficient (Wildman–Crippen LogP) is 3.68. The number of tetrazole rings is 1. The Kier molecular flexibility index (Phi) is 4.97. The van der Waals surface area contributed by atoms with Crippen LogP contribution in [0.3, 0.4) is 0 Å². The van der Waals surface area contributed by atoms with Crippen molar-refractivity contribution in [1.29, 1.82) is 0 Å². The average molecular weight is 422 g/mol. The molecule has 2 heterocycles. The number of amides is 1. The Balaban J connectivity index is 1.41. The van der Waals surface area contributed by atoms with Crippen LogP contribution in [0.1, 0.15) is 15.9 Å². The number of aromatic amines is 1. The quantitative estimate of drug-likeness (QED) is 0.447. The number of H-pyrrole nitrogens is 1. The largest absolute Gasteiger partial charge is 0.321 e. The molecule has 3 aromatic carbocycles. The van der Waals surface area contributed by atoms with Crippen LogP contribution in [-0.2, 0) is 0 Å². The molecule has 32 heavy (non-hydrogen) atoms. The van der Waals surface area contributed by atoms with Crippen molar-refractivity contribution in [3.63, 3.8) is 0 Å². The molecule has 0 bridgehead atoms. The van der Waals surface area contributed by atoms with E-state index in [4.69, 9.17) is 0 Å². The summed E-state index contributed by atoms with van der Waals surface area (Å²) in [4.78, 5) is 17.6. The molecule has 0 saturated carbocycles. The van der Waals surface area contributed by atoms with Gasteiger partial charge >= 0.3 is 0 Å². The molecule has 9 nitrogen and oxygen atoms in total. The molecule has 5 aromatic rings. The van der Waals surface area contributed by atoms with Crippen molar-refractivity contribution in [1.82, 2.24) is 35.4 Å². The Morgan fingerprint density at radius 2 is 1.81 bits per heavy atom. The molecule has 0 unspecified atom stereocenters. The molecule has 0 saturated heterocycles. The summed E-state index contributed by atoms with van der Waals surface area (Å²) in [6, 6.07) is 22.5. The van der Waals surface area contributed by atoms with Crippen molar-refractivity contribution >= 4 is 11.6 Å². The summed E-state index contributed by atoms with van der Waals surface area (Å²) in [6.07, 6.45) is 1.51. The molecule has 0 spiro atoms. The van der Waals surface area contributed by atoms with Gasteiger partial charge in [-0.15, -0.1) is 5.10 Å². The minimum absolute atomic E-state index is 0.230. The lowest BCUT2D eigenvalue weighted by molar-refractivity contribution is 0.102. The lowest BCUT2D eigenvalue weighted by atomic mass is 10.1. The van der Waals surface area contributed by atoms with E-state index in [2.05, 4.69) is 36.0 Å². The van der Waals surface area contributed by atoms with E-state index >= 15 is 0 Å². The van der Waals surface area contributed by atoms with Crippen molar-refractivity contribution in [2.75, 3.05) is 5.32 Å². The van der Waals surface area contributed by atoms with Gasteiger partial charge in [0.2, 0.25) is 0 Å². The Labute approximate surface area is 183 Å². The van der Waals surface area contributed by atoms with Crippen LogP contribution in [0.2, 0.25) is 0 Å². The fourth-order valence-electron chi connectivity index (χ4n) is 3.42. The minimum atomic E-state index is -0.230. The van der Waals surface area contributed by atoms with Gasteiger partial charge in [-0.1, -0.05) is 42.5 Å². The molecule has 0 aliphatic rings. The zero-order chi connectivity index (χ0) is 21.9. The number of hydrogen-bond acceptors (Lipinski definition) is 6. The summed E-state index contributed by atoms with van der Waals surface area (Å²) in [7, 11) is 0. The topological polar surface area (TPSA) is 114 Å². The number of carbonyl (C=O) groups excluding carboxylic acids is 1. The van der Waals surface area contributed by atoms with Crippen LogP contribution in [0.4, 0.5) is 5.69 Å². The number of para-hydroxylation sites is 1. The number of hydrogen-bond donors (Lipinski definition) is 2. The highest BCUT2D eigenvalue weighted by atomic mass is 16.1. The SMILES string of the molecule is Cc1cc(C(=O)Nc2ccccc2-c2nc(-c3ccccc3)n[nH]2)ccc1-n1cnnn1. The molecule has 0 atom stereocenters. The summed E-state index contributed by atoms with van der Waals surface area (Å²) in [5.74, 6) is 0.937. The third kappa shape index (κ3) is 3.74. The van der Waals surface area contributed by atoms with Gasteiger partial charge in [0.25, 0.3) is 5.91 Å². The molecule has 5 rings (SSSR count). The molecule has 0 fully saturated rings. The zero-order valence-electron chi connectivity index (χ0n) is 17.1. The van der Waals surface area contributed by atoms with Crippen LogP contribution in [0.15, 0.2) is 79.1 Å². The summed E-state index contributed by atoms with van der Waals surface area (Å²) in [5, 5.41) is 21.5. The monoisotopic (exact) mass is 422 g/mol. The van der Waals surface area contributed by atoms with Crippen LogP contribution in [-0.4, -0.2) is 41.3 Å². The Hall–Kier alpha value is -4.66. The van der Waals surface area contributed by atoms with Crippen LogP contribution in [0.25, 0.3) is 28.5 Å². The van der Waals surface area contributed by atoms with E-state index in [0.29, 0.717) is 22.9 Å². The molecule has 156 valence electrons. The second-order valence-corrected chi connectivity index (χ2v) is 7.13. The summed E-state index contributed by atoms with van der Waals surface area (Å²) < 4.78 is 1.56. The number of aromatic nitrogens is 7. The zero-order valence-corrected chi connectivity index (χ0v) is 17.1. The predicted molar refractivity (Wildman–Crippen MR) is 119 cm³/mol. The van der Waals surface area contributed by atoms with Crippen molar-refractivity contribution in [2.45, 2.75) is 6.92 Å². The van der Waals surface area contributed by atoms with E-state index in [1.807, 2.05) is 67.6 Å².